The van der Waals surface area contributed by atoms with Crippen LogP contribution < -0.4 is 0 Å². The Bertz CT molecular complexity index is 58.7. The van der Waals surface area contributed by atoms with Crippen LogP contribution in [0.3, 0.4) is 0 Å². The highest BCUT2D eigenvalue weighted by atomic mass is 35.5. The number of hydrogen-bond donors (Lipinski definition) is 0. The van der Waals surface area contributed by atoms with Crippen molar-refractivity contribution in [3.8, 4) is 0 Å². The van der Waals surface area contributed by atoms with Crippen LogP contribution in [0, 0.1) is 0 Å². The van der Waals surface area contributed by atoms with Gasteiger partial charge in [0.1, 0.15) is 0 Å². The van der Waals surface area contributed by atoms with Crippen LogP contribution in [0.1, 0.15) is 6.92 Å². The van der Waals surface area contributed by atoms with Gasteiger partial charge in [-0.3, -0.25) is 0 Å². The summed E-state index contributed by atoms with van der Waals surface area (Å²) in [6, 6.07) is 0. The van der Waals surface area contributed by atoms with Gasteiger partial charge in [0.2, 0.25) is 0 Å². The fourth-order valence-electron chi connectivity index (χ4n) is 0. The third kappa shape index (κ3) is 627. The summed E-state index contributed by atoms with van der Waals surface area (Å²) in [6.45, 7) is 1.05. The van der Waals surface area contributed by atoms with Crippen molar-refractivity contribution in [2.24, 2.45) is 0 Å². The Labute approximate surface area is 76.2 Å². The van der Waals surface area contributed by atoms with Crippen molar-refractivity contribution in [2.45, 2.75) is 16.4 Å². The molecule has 0 amide bonds. The summed E-state index contributed by atoms with van der Waals surface area (Å²) in [5.74, 6) is 0. The molecule has 0 aliphatic rings. The molecule has 0 bridgehead atoms. The summed E-state index contributed by atoms with van der Waals surface area (Å²) >= 11 is 17.2. The minimum absolute atomic E-state index is 1.05. The molecular weight excluding hydrogens is 235 g/mol. The molecule has 0 nitrogen and oxygen atoms in total. The Morgan fingerprint density at radius 3 is 0.900 bits per heavy atom. The van der Waals surface area contributed by atoms with E-state index in [1.54, 1.807) is 0 Å². The van der Waals surface area contributed by atoms with Gasteiger partial charge in [-0.15, -0.1) is 0 Å². The van der Waals surface area contributed by atoms with Crippen LogP contribution in [0.2, 0.25) is 0 Å². The summed E-state index contributed by atoms with van der Waals surface area (Å²) in [7, 11) is 0. The van der Waals surface area contributed by atoms with E-state index in [9.17, 15) is 13.2 Å². The van der Waals surface area contributed by atoms with Crippen molar-refractivity contribution >= 4 is 46.4 Å². The lowest BCUT2D eigenvalue weighted by Crippen LogP contribution is -1.90. The van der Waals surface area contributed by atoms with Crippen LogP contribution in [-0.2, 0) is 0 Å². The SMILES string of the molecule is CC(F)(Cl)Cl.FC(F)(Cl)Cl. The predicted molar refractivity (Wildman–Crippen MR) is 37.9 cm³/mol. The maximum Gasteiger partial charge on any atom is 0.401 e. The lowest BCUT2D eigenvalue weighted by Gasteiger charge is -1.92. The quantitative estimate of drug-likeness (QED) is 0.556. The molecule has 0 heterocycles. The minimum atomic E-state index is -3.56. The zero-order valence-corrected chi connectivity index (χ0v) is 7.67. The third-order valence-electron chi connectivity index (χ3n) is 0. The molecule has 0 aromatic rings. The highest BCUT2D eigenvalue weighted by molar-refractivity contribution is 6.46. The van der Waals surface area contributed by atoms with Crippen LogP contribution in [0.5, 0.6) is 0 Å². The van der Waals surface area contributed by atoms with Crippen molar-refractivity contribution in [1.29, 1.82) is 0 Å². The second-order valence-corrected chi connectivity index (χ2v) is 3.97. The van der Waals surface area contributed by atoms with E-state index in [4.69, 9.17) is 0 Å². The Balaban J connectivity index is 0. The fourth-order valence-corrected chi connectivity index (χ4v) is 0. The maximum absolute atomic E-state index is 11.2. The molecule has 64 valence electrons. The molecule has 10 heavy (non-hydrogen) atoms. The highest BCUT2D eigenvalue weighted by Gasteiger charge is 2.17. The largest absolute Gasteiger partial charge is 0.401 e. The molecule has 0 aromatic heterocycles. The minimum Gasteiger partial charge on any atom is -0.208 e. The summed E-state index contributed by atoms with van der Waals surface area (Å²) < 4.78 is 30.3. The van der Waals surface area contributed by atoms with E-state index in [2.05, 4.69) is 46.4 Å². The zero-order valence-electron chi connectivity index (χ0n) is 4.65. The van der Waals surface area contributed by atoms with Gasteiger partial charge in [-0.1, -0.05) is 23.2 Å². The summed E-state index contributed by atoms with van der Waals surface area (Å²) in [5.41, 5.74) is 0. The van der Waals surface area contributed by atoms with Crippen LogP contribution in [-0.4, -0.2) is 9.43 Å². The van der Waals surface area contributed by atoms with Gasteiger partial charge in [0, 0.05) is 0 Å². The third-order valence-corrected chi connectivity index (χ3v) is 0. The molecule has 0 rings (SSSR count). The molecule has 0 radical (unpaired) electrons. The Morgan fingerprint density at radius 2 is 0.900 bits per heavy atom. The number of halogens is 7. The van der Waals surface area contributed by atoms with E-state index in [0.29, 0.717) is 0 Å². The zero-order chi connectivity index (χ0) is 9.00. The van der Waals surface area contributed by atoms with Crippen LogP contribution in [0.25, 0.3) is 0 Å². The smallest absolute Gasteiger partial charge is 0.208 e. The first-order valence-corrected chi connectivity index (χ1v) is 3.33. The van der Waals surface area contributed by atoms with Crippen molar-refractivity contribution in [3.63, 3.8) is 0 Å². The van der Waals surface area contributed by atoms with Crippen molar-refractivity contribution < 1.29 is 13.2 Å². The second-order valence-electron chi connectivity index (χ2n) is 1.21. The lowest BCUT2D eigenvalue weighted by atomic mass is 10.9. The molecule has 0 N–H and O–H groups in total. The predicted octanol–water partition coefficient (Wildman–Crippen LogP) is 4.12. The number of alkyl halides is 7. The second kappa shape index (κ2) is 4.75. The highest BCUT2D eigenvalue weighted by Crippen LogP contribution is 2.22. The molecule has 0 spiro atoms. The van der Waals surface area contributed by atoms with Crippen LogP contribution in [0.4, 0.5) is 13.2 Å². The number of hydrogen-bond acceptors (Lipinski definition) is 0. The Kier molecular flexibility index (Phi) is 6.43. The van der Waals surface area contributed by atoms with Crippen molar-refractivity contribution in [3.05, 3.63) is 0 Å². The topological polar surface area (TPSA) is 0 Å². The van der Waals surface area contributed by atoms with Crippen molar-refractivity contribution in [2.75, 3.05) is 0 Å². The van der Waals surface area contributed by atoms with Crippen LogP contribution in [0.15, 0.2) is 0 Å². The van der Waals surface area contributed by atoms with Gasteiger partial charge in [-0.25, -0.2) is 4.39 Å². The first-order chi connectivity index (χ1) is 4.00. The average molecular weight is 238 g/mol. The van der Waals surface area contributed by atoms with E-state index in [1.807, 2.05) is 0 Å². The van der Waals surface area contributed by atoms with E-state index in [1.165, 1.54) is 0 Å². The summed E-state index contributed by atoms with van der Waals surface area (Å²) in [4.78, 5) is -3.56. The molecule has 0 saturated carbocycles. The van der Waals surface area contributed by atoms with Gasteiger partial charge in [0.15, 0.2) is 0 Å². The van der Waals surface area contributed by atoms with Gasteiger partial charge in [-0.05, 0) is 30.1 Å². The van der Waals surface area contributed by atoms with Gasteiger partial charge in [0.25, 0.3) is 4.59 Å². The normalized spacial score (nSPS) is 12.0. The van der Waals surface area contributed by atoms with E-state index in [-0.39, 0.29) is 0 Å². The van der Waals surface area contributed by atoms with Crippen molar-refractivity contribution in [1.82, 2.24) is 0 Å². The molecule has 0 aliphatic heterocycles. The van der Waals surface area contributed by atoms with Gasteiger partial charge in [-0.2, -0.15) is 8.78 Å². The molecule has 0 saturated heterocycles. The monoisotopic (exact) mass is 236 g/mol. The Hall–Kier alpha value is 0.950. The van der Waals surface area contributed by atoms with Gasteiger partial charge in [0.05, 0.1) is 0 Å². The van der Waals surface area contributed by atoms with Crippen LogP contribution >= 0.6 is 46.4 Å². The average Bonchev–Trinajstić information content (AvgIpc) is 1.12. The standard InChI is InChI=1S/C2H3Cl2F.CCl2F2/c1-2(3,4)5;2-1(3,4)5/h1H3;. The summed E-state index contributed by atoms with van der Waals surface area (Å²) in [6.07, 6.45) is 0. The first kappa shape index (κ1) is 13.5. The fraction of sp³-hybridized carbons (Fsp3) is 1.00. The summed E-state index contributed by atoms with van der Waals surface area (Å²) in [5, 5.41) is 0. The Morgan fingerprint density at radius 1 is 0.900 bits per heavy atom. The maximum atomic E-state index is 11.2. The molecular formula is C3H3Cl4F3. The molecule has 7 heteroatoms. The van der Waals surface area contributed by atoms with Gasteiger partial charge < -0.3 is 0 Å². The molecule has 0 atom stereocenters. The molecule has 0 fully saturated rings. The van der Waals surface area contributed by atoms with E-state index in [0.717, 1.165) is 6.92 Å². The molecule has 0 aliphatic carbocycles. The first-order valence-electron chi connectivity index (χ1n) is 1.82. The molecule has 0 unspecified atom stereocenters. The van der Waals surface area contributed by atoms with E-state index >= 15 is 0 Å². The number of rotatable bonds is 0. The van der Waals surface area contributed by atoms with E-state index < -0.39 is 9.43 Å². The lowest BCUT2D eigenvalue weighted by molar-refractivity contribution is 0.194. The molecule has 0 aromatic carbocycles. The van der Waals surface area contributed by atoms with Gasteiger partial charge >= 0.3 is 4.84 Å².